The molecule has 2 heteroatoms. The molecular weight excluding hydrogens is 172 g/mol. The van der Waals surface area contributed by atoms with Crippen molar-refractivity contribution in [3.8, 4) is 0 Å². The SMILES string of the molecule is CCC[C@H](C)NCCc1ccccn1. The van der Waals surface area contributed by atoms with Crippen molar-refractivity contribution in [3.63, 3.8) is 0 Å². The molecule has 1 rings (SSSR count). The highest BCUT2D eigenvalue weighted by molar-refractivity contribution is 5.03. The van der Waals surface area contributed by atoms with Crippen LogP contribution in [0.2, 0.25) is 0 Å². The average molecular weight is 192 g/mol. The lowest BCUT2D eigenvalue weighted by molar-refractivity contribution is 0.510. The van der Waals surface area contributed by atoms with Crippen molar-refractivity contribution in [2.45, 2.75) is 39.2 Å². The van der Waals surface area contributed by atoms with Crippen LogP contribution in [0.15, 0.2) is 24.4 Å². The van der Waals surface area contributed by atoms with Crippen molar-refractivity contribution in [1.82, 2.24) is 10.3 Å². The predicted octanol–water partition coefficient (Wildman–Crippen LogP) is 2.40. The largest absolute Gasteiger partial charge is 0.314 e. The monoisotopic (exact) mass is 192 g/mol. The van der Waals surface area contributed by atoms with Gasteiger partial charge >= 0.3 is 0 Å². The van der Waals surface area contributed by atoms with Crippen LogP contribution in [0.3, 0.4) is 0 Å². The summed E-state index contributed by atoms with van der Waals surface area (Å²) in [5.74, 6) is 0. The summed E-state index contributed by atoms with van der Waals surface area (Å²) < 4.78 is 0. The average Bonchev–Trinajstić information content (AvgIpc) is 2.20. The van der Waals surface area contributed by atoms with Gasteiger partial charge in [0.05, 0.1) is 0 Å². The van der Waals surface area contributed by atoms with Crippen molar-refractivity contribution >= 4 is 0 Å². The zero-order valence-corrected chi connectivity index (χ0v) is 9.16. The molecule has 0 saturated heterocycles. The maximum Gasteiger partial charge on any atom is 0.0416 e. The number of rotatable bonds is 6. The van der Waals surface area contributed by atoms with Crippen molar-refractivity contribution in [2.24, 2.45) is 0 Å². The molecular formula is C12H20N2. The minimum Gasteiger partial charge on any atom is -0.314 e. The van der Waals surface area contributed by atoms with Crippen LogP contribution < -0.4 is 5.32 Å². The van der Waals surface area contributed by atoms with E-state index in [0.717, 1.165) is 13.0 Å². The van der Waals surface area contributed by atoms with Crippen LogP contribution in [0.5, 0.6) is 0 Å². The van der Waals surface area contributed by atoms with Crippen molar-refractivity contribution < 1.29 is 0 Å². The van der Waals surface area contributed by atoms with Gasteiger partial charge in [0.15, 0.2) is 0 Å². The second kappa shape index (κ2) is 6.55. The molecule has 1 aromatic heterocycles. The Morgan fingerprint density at radius 3 is 2.93 bits per heavy atom. The highest BCUT2D eigenvalue weighted by Crippen LogP contribution is 1.96. The van der Waals surface area contributed by atoms with Gasteiger partial charge < -0.3 is 5.32 Å². The summed E-state index contributed by atoms with van der Waals surface area (Å²) in [6, 6.07) is 6.70. The third-order valence-electron chi connectivity index (χ3n) is 2.32. The number of nitrogens with zero attached hydrogens (tertiary/aromatic N) is 1. The van der Waals surface area contributed by atoms with Crippen molar-refractivity contribution in [3.05, 3.63) is 30.1 Å². The van der Waals surface area contributed by atoms with Crippen LogP contribution in [0.25, 0.3) is 0 Å². The quantitative estimate of drug-likeness (QED) is 0.748. The van der Waals surface area contributed by atoms with E-state index in [1.54, 1.807) is 0 Å². The Hall–Kier alpha value is -0.890. The minimum atomic E-state index is 0.628. The molecule has 0 aliphatic heterocycles. The van der Waals surface area contributed by atoms with Gasteiger partial charge in [-0.15, -0.1) is 0 Å². The van der Waals surface area contributed by atoms with E-state index in [1.807, 2.05) is 18.3 Å². The van der Waals surface area contributed by atoms with Crippen LogP contribution in [0, 0.1) is 0 Å². The number of pyridine rings is 1. The summed E-state index contributed by atoms with van der Waals surface area (Å²) in [5.41, 5.74) is 1.17. The first-order valence-electron chi connectivity index (χ1n) is 5.46. The third kappa shape index (κ3) is 4.38. The van der Waals surface area contributed by atoms with Crippen LogP contribution in [-0.2, 0) is 6.42 Å². The van der Waals surface area contributed by atoms with Gasteiger partial charge in [0, 0.05) is 30.9 Å². The maximum atomic E-state index is 4.28. The first kappa shape index (κ1) is 11.2. The fraction of sp³-hybridized carbons (Fsp3) is 0.583. The van der Waals surface area contributed by atoms with Crippen LogP contribution in [0.4, 0.5) is 0 Å². The van der Waals surface area contributed by atoms with E-state index in [4.69, 9.17) is 0 Å². The molecule has 0 saturated carbocycles. The fourth-order valence-electron chi connectivity index (χ4n) is 1.53. The molecule has 1 aromatic rings. The summed E-state index contributed by atoms with van der Waals surface area (Å²) in [7, 11) is 0. The standard InChI is InChI=1S/C12H20N2/c1-3-6-11(2)13-10-8-12-7-4-5-9-14-12/h4-5,7,9,11,13H,3,6,8,10H2,1-2H3/t11-/m0/s1. The summed E-state index contributed by atoms with van der Waals surface area (Å²) in [6.07, 6.45) is 5.37. The van der Waals surface area contributed by atoms with E-state index < -0.39 is 0 Å². The molecule has 0 unspecified atom stereocenters. The molecule has 78 valence electrons. The van der Waals surface area contributed by atoms with Crippen molar-refractivity contribution in [1.29, 1.82) is 0 Å². The topological polar surface area (TPSA) is 24.9 Å². The molecule has 0 amide bonds. The molecule has 1 atom stereocenters. The summed E-state index contributed by atoms with van der Waals surface area (Å²) in [6.45, 7) is 5.48. The zero-order valence-electron chi connectivity index (χ0n) is 9.16. The van der Waals surface area contributed by atoms with Gasteiger partial charge in [0.1, 0.15) is 0 Å². The Morgan fingerprint density at radius 2 is 2.29 bits per heavy atom. The Balaban J connectivity index is 2.16. The lowest BCUT2D eigenvalue weighted by atomic mass is 10.2. The Bertz CT molecular complexity index is 233. The van der Waals surface area contributed by atoms with Gasteiger partial charge in [0.25, 0.3) is 0 Å². The summed E-state index contributed by atoms with van der Waals surface area (Å²) in [5, 5.41) is 3.49. The Morgan fingerprint density at radius 1 is 1.43 bits per heavy atom. The lowest BCUT2D eigenvalue weighted by Gasteiger charge is -2.11. The Kier molecular flexibility index (Phi) is 5.23. The van der Waals surface area contributed by atoms with Crippen molar-refractivity contribution in [2.75, 3.05) is 6.54 Å². The molecule has 0 bridgehead atoms. The molecule has 1 heterocycles. The highest BCUT2D eigenvalue weighted by atomic mass is 14.9. The van der Waals surface area contributed by atoms with Crippen LogP contribution in [-0.4, -0.2) is 17.6 Å². The van der Waals surface area contributed by atoms with E-state index in [-0.39, 0.29) is 0 Å². The predicted molar refractivity (Wildman–Crippen MR) is 60.3 cm³/mol. The van der Waals surface area contributed by atoms with Gasteiger partial charge in [-0.05, 0) is 25.5 Å². The molecule has 2 nitrogen and oxygen atoms in total. The molecule has 1 N–H and O–H groups in total. The van der Waals surface area contributed by atoms with Gasteiger partial charge in [-0.25, -0.2) is 0 Å². The second-order valence-corrected chi connectivity index (χ2v) is 3.71. The molecule has 0 aromatic carbocycles. The molecule has 0 aliphatic rings. The molecule has 0 fully saturated rings. The van der Waals surface area contributed by atoms with E-state index in [1.165, 1.54) is 18.5 Å². The van der Waals surface area contributed by atoms with Crippen LogP contribution >= 0.6 is 0 Å². The fourth-order valence-corrected chi connectivity index (χ4v) is 1.53. The number of nitrogens with one attached hydrogen (secondary N) is 1. The third-order valence-corrected chi connectivity index (χ3v) is 2.32. The normalized spacial score (nSPS) is 12.7. The molecule has 0 radical (unpaired) electrons. The van der Waals surface area contributed by atoms with E-state index in [0.29, 0.717) is 6.04 Å². The highest BCUT2D eigenvalue weighted by Gasteiger charge is 1.99. The van der Waals surface area contributed by atoms with Gasteiger partial charge in [0.2, 0.25) is 0 Å². The molecule has 0 spiro atoms. The lowest BCUT2D eigenvalue weighted by Crippen LogP contribution is -2.27. The number of aromatic nitrogens is 1. The molecule has 14 heavy (non-hydrogen) atoms. The first-order chi connectivity index (χ1) is 6.83. The smallest absolute Gasteiger partial charge is 0.0416 e. The maximum absolute atomic E-state index is 4.28. The van der Waals surface area contributed by atoms with E-state index >= 15 is 0 Å². The van der Waals surface area contributed by atoms with Crippen LogP contribution in [0.1, 0.15) is 32.4 Å². The number of hydrogen-bond donors (Lipinski definition) is 1. The summed E-state index contributed by atoms with van der Waals surface area (Å²) in [4.78, 5) is 4.28. The number of hydrogen-bond acceptors (Lipinski definition) is 2. The summed E-state index contributed by atoms with van der Waals surface area (Å²) >= 11 is 0. The zero-order chi connectivity index (χ0) is 10.2. The van der Waals surface area contributed by atoms with Gasteiger partial charge in [-0.3, -0.25) is 4.98 Å². The second-order valence-electron chi connectivity index (χ2n) is 3.71. The van der Waals surface area contributed by atoms with E-state index in [2.05, 4.69) is 30.2 Å². The minimum absolute atomic E-state index is 0.628. The van der Waals surface area contributed by atoms with E-state index in [9.17, 15) is 0 Å². The Labute approximate surface area is 86.8 Å². The van der Waals surface area contributed by atoms with Gasteiger partial charge in [-0.2, -0.15) is 0 Å². The molecule has 0 aliphatic carbocycles. The first-order valence-corrected chi connectivity index (χ1v) is 5.46. The van der Waals surface area contributed by atoms with Gasteiger partial charge in [-0.1, -0.05) is 19.4 Å².